The Bertz CT molecular complexity index is 570. The first-order valence-corrected chi connectivity index (χ1v) is 8.21. The number of Topliss-reactive ketones (excluding diaryl/α,β-unsaturated/α-hetero) is 1. The van der Waals surface area contributed by atoms with Gasteiger partial charge in [0.15, 0.2) is 5.78 Å². The van der Waals surface area contributed by atoms with Gasteiger partial charge in [-0.25, -0.2) is 0 Å². The molecule has 2 atom stereocenters. The van der Waals surface area contributed by atoms with Crippen molar-refractivity contribution < 1.29 is 4.79 Å². The summed E-state index contributed by atoms with van der Waals surface area (Å²) in [6, 6.07) is 2.68. The van der Waals surface area contributed by atoms with Crippen LogP contribution >= 0.6 is 0 Å². The molecular formula is C18H28N2O. The lowest BCUT2D eigenvalue weighted by molar-refractivity contribution is 0.0905. The van der Waals surface area contributed by atoms with E-state index in [-0.39, 0.29) is 5.41 Å². The van der Waals surface area contributed by atoms with E-state index in [0.29, 0.717) is 24.2 Å². The first-order chi connectivity index (χ1) is 9.78. The Morgan fingerprint density at radius 1 is 1.29 bits per heavy atom. The quantitative estimate of drug-likeness (QED) is 0.790. The Kier molecular flexibility index (Phi) is 3.52. The summed E-state index contributed by atoms with van der Waals surface area (Å²) in [4.78, 5) is 14.9. The summed E-state index contributed by atoms with van der Waals surface area (Å²) in [5.74, 6) is 0.975. The van der Waals surface area contributed by atoms with E-state index < -0.39 is 0 Å². The molecular weight excluding hydrogens is 260 g/mol. The fourth-order valence-corrected chi connectivity index (χ4v) is 4.36. The molecule has 3 heteroatoms. The smallest absolute Gasteiger partial charge is 0.165 e. The van der Waals surface area contributed by atoms with E-state index in [4.69, 9.17) is 0 Å². The van der Waals surface area contributed by atoms with Gasteiger partial charge in [-0.05, 0) is 50.8 Å². The number of carbonyl (C=O) groups is 1. The van der Waals surface area contributed by atoms with Crippen molar-refractivity contribution in [3.05, 3.63) is 23.0 Å². The molecule has 1 aromatic heterocycles. The van der Waals surface area contributed by atoms with Gasteiger partial charge in [0.2, 0.25) is 0 Å². The summed E-state index contributed by atoms with van der Waals surface area (Å²) in [5, 5.41) is 0. The Labute approximate surface area is 128 Å². The number of piperidine rings is 1. The number of ketones is 1. The number of aromatic nitrogens is 1. The van der Waals surface area contributed by atoms with Gasteiger partial charge in [-0.15, -0.1) is 0 Å². The lowest BCUT2D eigenvalue weighted by atomic mass is 9.76. The SMILES string of the molecule is Cc1cc2c(n1C1CCN(C)CC1C)CC(C)(C)CC2=O. The van der Waals surface area contributed by atoms with Crippen molar-refractivity contribution in [2.45, 2.75) is 53.0 Å². The van der Waals surface area contributed by atoms with Crippen molar-refractivity contribution in [3.63, 3.8) is 0 Å². The third-order valence-electron chi connectivity index (χ3n) is 5.32. The molecule has 1 aliphatic heterocycles. The molecule has 1 saturated heterocycles. The minimum atomic E-state index is 0.0985. The van der Waals surface area contributed by atoms with E-state index in [1.807, 2.05) is 0 Å². The van der Waals surface area contributed by atoms with Gasteiger partial charge in [-0.2, -0.15) is 0 Å². The average Bonchev–Trinajstić information content (AvgIpc) is 2.65. The van der Waals surface area contributed by atoms with E-state index in [2.05, 4.69) is 50.3 Å². The van der Waals surface area contributed by atoms with Crippen LogP contribution in [0, 0.1) is 18.3 Å². The fourth-order valence-electron chi connectivity index (χ4n) is 4.36. The maximum atomic E-state index is 12.5. The number of aryl methyl sites for hydroxylation is 1. The van der Waals surface area contributed by atoms with Gasteiger partial charge in [0, 0.05) is 36.0 Å². The predicted octanol–water partition coefficient (Wildman–Crippen LogP) is 3.46. The van der Waals surface area contributed by atoms with Gasteiger partial charge in [0.25, 0.3) is 0 Å². The van der Waals surface area contributed by atoms with Crippen LogP contribution in [0.3, 0.4) is 0 Å². The molecule has 0 aromatic carbocycles. The van der Waals surface area contributed by atoms with Gasteiger partial charge < -0.3 is 9.47 Å². The number of carbonyl (C=O) groups excluding carboxylic acids is 1. The lowest BCUT2D eigenvalue weighted by Crippen LogP contribution is -2.39. The number of rotatable bonds is 1. The monoisotopic (exact) mass is 288 g/mol. The highest BCUT2D eigenvalue weighted by Gasteiger charge is 2.36. The summed E-state index contributed by atoms with van der Waals surface area (Å²) >= 11 is 0. The van der Waals surface area contributed by atoms with Gasteiger partial charge >= 0.3 is 0 Å². The Morgan fingerprint density at radius 3 is 2.67 bits per heavy atom. The molecule has 0 spiro atoms. The molecule has 1 aliphatic carbocycles. The average molecular weight is 288 g/mol. The number of fused-ring (bicyclic) bond motifs is 1. The van der Waals surface area contributed by atoms with Crippen molar-refractivity contribution in [2.24, 2.45) is 11.3 Å². The molecule has 0 N–H and O–H groups in total. The predicted molar refractivity (Wildman–Crippen MR) is 85.9 cm³/mol. The summed E-state index contributed by atoms with van der Waals surface area (Å²) < 4.78 is 2.51. The number of nitrogens with zero attached hydrogens (tertiary/aromatic N) is 2. The number of likely N-dealkylation sites (tertiary alicyclic amines) is 1. The largest absolute Gasteiger partial charge is 0.345 e. The normalized spacial score (nSPS) is 29.5. The molecule has 3 rings (SSSR count). The zero-order valence-corrected chi connectivity index (χ0v) is 14.1. The Morgan fingerprint density at radius 2 is 2.00 bits per heavy atom. The molecule has 116 valence electrons. The third kappa shape index (κ3) is 2.57. The van der Waals surface area contributed by atoms with E-state index >= 15 is 0 Å². The van der Waals surface area contributed by atoms with Crippen molar-refractivity contribution in [2.75, 3.05) is 20.1 Å². The minimum Gasteiger partial charge on any atom is -0.345 e. The van der Waals surface area contributed by atoms with Crippen LogP contribution in [0.15, 0.2) is 6.07 Å². The highest BCUT2D eigenvalue weighted by atomic mass is 16.1. The maximum Gasteiger partial charge on any atom is 0.165 e. The van der Waals surface area contributed by atoms with Crippen LogP contribution < -0.4 is 0 Å². The van der Waals surface area contributed by atoms with E-state index in [1.165, 1.54) is 17.8 Å². The first kappa shape index (κ1) is 14.8. The molecule has 3 nitrogen and oxygen atoms in total. The molecule has 0 amide bonds. The summed E-state index contributed by atoms with van der Waals surface area (Å²) in [6.45, 7) is 11.3. The minimum absolute atomic E-state index is 0.0985. The second-order valence-corrected chi connectivity index (χ2v) is 8.05. The molecule has 0 radical (unpaired) electrons. The van der Waals surface area contributed by atoms with Crippen LogP contribution in [0.1, 0.15) is 61.4 Å². The van der Waals surface area contributed by atoms with Crippen molar-refractivity contribution in [3.8, 4) is 0 Å². The van der Waals surface area contributed by atoms with E-state index in [0.717, 1.165) is 25.1 Å². The Balaban J connectivity index is 2.02. The third-order valence-corrected chi connectivity index (χ3v) is 5.32. The van der Waals surface area contributed by atoms with Gasteiger partial charge in [0.1, 0.15) is 0 Å². The van der Waals surface area contributed by atoms with Crippen molar-refractivity contribution in [1.82, 2.24) is 9.47 Å². The first-order valence-electron chi connectivity index (χ1n) is 8.21. The standard InChI is InChI=1S/C18H28N2O/c1-12-11-19(5)7-6-15(12)20-13(2)8-14-16(20)9-18(3,4)10-17(14)21/h8,12,15H,6-7,9-11H2,1-5H3. The zero-order valence-electron chi connectivity index (χ0n) is 14.1. The van der Waals surface area contributed by atoms with Gasteiger partial charge in [-0.3, -0.25) is 4.79 Å². The van der Waals surface area contributed by atoms with Gasteiger partial charge in [0.05, 0.1) is 0 Å². The summed E-state index contributed by atoms with van der Waals surface area (Å²) in [6.07, 6.45) is 2.90. The van der Waals surface area contributed by atoms with Crippen molar-refractivity contribution >= 4 is 5.78 Å². The van der Waals surface area contributed by atoms with Crippen LogP contribution in [0.25, 0.3) is 0 Å². The van der Waals surface area contributed by atoms with Crippen LogP contribution in [-0.4, -0.2) is 35.4 Å². The maximum absolute atomic E-state index is 12.5. The lowest BCUT2D eigenvalue weighted by Gasteiger charge is -2.39. The number of hydrogen-bond donors (Lipinski definition) is 0. The van der Waals surface area contributed by atoms with Crippen LogP contribution in [0.2, 0.25) is 0 Å². The molecule has 2 unspecified atom stereocenters. The molecule has 1 fully saturated rings. The number of hydrogen-bond acceptors (Lipinski definition) is 2. The zero-order chi connectivity index (χ0) is 15.4. The van der Waals surface area contributed by atoms with Crippen LogP contribution in [-0.2, 0) is 6.42 Å². The summed E-state index contributed by atoms with van der Waals surface area (Å²) in [7, 11) is 2.21. The van der Waals surface area contributed by atoms with E-state index in [9.17, 15) is 4.79 Å². The fraction of sp³-hybridized carbons (Fsp3) is 0.722. The highest BCUT2D eigenvalue weighted by Crippen LogP contribution is 2.40. The molecule has 2 aliphatic rings. The molecule has 21 heavy (non-hydrogen) atoms. The highest BCUT2D eigenvalue weighted by molar-refractivity contribution is 5.99. The Hall–Kier alpha value is -1.09. The van der Waals surface area contributed by atoms with Crippen LogP contribution in [0.5, 0.6) is 0 Å². The molecule has 0 saturated carbocycles. The second kappa shape index (κ2) is 4.98. The topological polar surface area (TPSA) is 25.2 Å². The van der Waals surface area contributed by atoms with Crippen molar-refractivity contribution in [1.29, 1.82) is 0 Å². The molecule has 2 heterocycles. The molecule has 1 aromatic rings. The van der Waals surface area contributed by atoms with Crippen LogP contribution in [0.4, 0.5) is 0 Å². The second-order valence-electron chi connectivity index (χ2n) is 8.05. The summed E-state index contributed by atoms with van der Waals surface area (Å²) in [5.41, 5.74) is 3.67. The van der Waals surface area contributed by atoms with E-state index in [1.54, 1.807) is 0 Å². The molecule has 0 bridgehead atoms. The van der Waals surface area contributed by atoms with Gasteiger partial charge in [-0.1, -0.05) is 20.8 Å².